The minimum Gasteiger partial charge on any atom is -0.480 e. The molecule has 0 radical (unpaired) electrons. The first-order valence-electron chi connectivity index (χ1n) is 7.68. The molecular weight excluding hydrogens is 264 g/mol. The van der Waals surface area contributed by atoms with Gasteiger partial charge in [0.05, 0.1) is 0 Å². The second kappa shape index (κ2) is 8.67. The van der Waals surface area contributed by atoms with Crippen LogP contribution in [0.5, 0.6) is 5.75 Å². The van der Waals surface area contributed by atoms with Crippen molar-refractivity contribution in [2.75, 3.05) is 13.1 Å². The van der Waals surface area contributed by atoms with Gasteiger partial charge in [-0.3, -0.25) is 4.79 Å². The van der Waals surface area contributed by atoms with Crippen LogP contribution in [0.1, 0.15) is 38.3 Å². The lowest BCUT2D eigenvalue weighted by Crippen LogP contribution is -2.37. The van der Waals surface area contributed by atoms with E-state index in [1.54, 1.807) is 6.92 Å². The van der Waals surface area contributed by atoms with Crippen LogP contribution in [-0.2, 0) is 11.2 Å². The van der Waals surface area contributed by atoms with Crippen LogP contribution in [-0.4, -0.2) is 25.1 Å². The molecule has 0 fully saturated rings. The molecule has 0 aliphatic carbocycles. The van der Waals surface area contributed by atoms with Crippen LogP contribution in [0.4, 0.5) is 0 Å². The van der Waals surface area contributed by atoms with E-state index in [1.807, 2.05) is 25.1 Å². The average molecular weight is 292 g/mol. The zero-order valence-electron chi connectivity index (χ0n) is 13.6. The predicted molar refractivity (Wildman–Crippen MR) is 86.5 cm³/mol. The first-order chi connectivity index (χ1) is 9.95. The minimum atomic E-state index is -0.505. The summed E-state index contributed by atoms with van der Waals surface area (Å²) in [5.41, 5.74) is 7.71. The van der Waals surface area contributed by atoms with Gasteiger partial charge in [-0.25, -0.2) is 0 Å². The number of amides is 1. The highest BCUT2D eigenvalue weighted by Crippen LogP contribution is 2.24. The van der Waals surface area contributed by atoms with Gasteiger partial charge in [-0.15, -0.1) is 0 Å². The molecule has 4 nitrogen and oxygen atoms in total. The fourth-order valence-electron chi connectivity index (χ4n) is 2.09. The van der Waals surface area contributed by atoms with E-state index in [0.717, 1.165) is 29.7 Å². The number of nitrogens with two attached hydrogens (primary N) is 1. The highest BCUT2D eigenvalue weighted by atomic mass is 16.5. The Kier molecular flexibility index (Phi) is 7.23. The normalized spacial score (nSPS) is 12.3. The lowest BCUT2D eigenvalue weighted by molar-refractivity contribution is -0.127. The Labute approximate surface area is 128 Å². The molecule has 0 aromatic heterocycles. The third kappa shape index (κ3) is 5.76. The summed E-state index contributed by atoms with van der Waals surface area (Å²) in [6, 6.07) is 5.97. The molecule has 1 atom stereocenters. The lowest BCUT2D eigenvalue weighted by atomic mass is 10.1. The van der Waals surface area contributed by atoms with Crippen molar-refractivity contribution in [3.05, 3.63) is 29.3 Å². The van der Waals surface area contributed by atoms with E-state index in [2.05, 4.69) is 19.2 Å². The third-order valence-corrected chi connectivity index (χ3v) is 3.39. The van der Waals surface area contributed by atoms with Crippen molar-refractivity contribution in [2.24, 2.45) is 11.7 Å². The molecular formula is C17H28N2O2. The Bertz CT molecular complexity index is 458. The topological polar surface area (TPSA) is 64.3 Å². The first kappa shape index (κ1) is 17.5. The molecule has 1 aromatic rings. The molecule has 0 saturated carbocycles. The van der Waals surface area contributed by atoms with Gasteiger partial charge in [0.25, 0.3) is 5.91 Å². The van der Waals surface area contributed by atoms with Crippen molar-refractivity contribution in [1.82, 2.24) is 5.32 Å². The van der Waals surface area contributed by atoms with Crippen LogP contribution < -0.4 is 15.8 Å². The number of benzene rings is 1. The number of ether oxygens (including phenoxy) is 1. The number of carbonyl (C=O) groups is 1. The summed E-state index contributed by atoms with van der Waals surface area (Å²) < 4.78 is 5.88. The van der Waals surface area contributed by atoms with Crippen molar-refractivity contribution in [3.63, 3.8) is 0 Å². The summed E-state index contributed by atoms with van der Waals surface area (Å²) in [4.78, 5) is 12.0. The van der Waals surface area contributed by atoms with Crippen molar-refractivity contribution in [1.29, 1.82) is 0 Å². The van der Waals surface area contributed by atoms with Gasteiger partial charge in [-0.1, -0.05) is 32.0 Å². The standard InChI is InChI=1S/C17H28N2O2/c1-12(2)9-11-19-17(20)14(4)21-16-13(3)6-5-7-15(16)8-10-18/h5-7,12,14H,8-11,18H2,1-4H3,(H,19,20). The molecule has 4 heteroatoms. The number of carbonyl (C=O) groups excluding carboxylic acids is 1. The van der Waals surface area contributed by atoms with Crippen molar-refractivity contribution in [3.8, 4) is 5.75 Å². The summed E-state index contributed by atoms with van der Waals surface area (Å²) in [6.45, 7) is 9.29. The Balaban J connectivity index is 2.65. The molecule has 0 bridgehead atoms. The van der Waals surface area contributed by atoms with Crippen LogP contribution in [0, 0.1) is 12.8 Å². The van der Waals surface area contributed by atoms with E-state index < -0.39 is 6.10 Å². The molecule has 1 aromatic carbocycles. The van der Waals surface area contributed by atoms with Gasteiger partial charge in [0.1, 0.15) is 5.75 Å². The van der Waals surface area contributed by atoms with E-state index in [9.17, 15) is 4.79 Å². The Morgan fingerprint density at radius 1 is 1.33 bits per heavy atom. The Hall–Kier alpha value is -1.55. The van der Waals surface area contributed by atoms with E-state index >= 15 is 0 Å². The van der Waals surface area contributed by atoms with Crippen LogP contribution in [0.15, 0.2) is 18.2 Å². The molecule has 0 saturated heterocycles. The van der Waals surface area contributed by atoms with Gasteiger partial charge in [0.15, 0.2) is 6.10 Å². The van der Waals surface area contributed by atoms with E-state index in [1.165, 1.54) is 0 Å². The van der Waals surface area contributed by atoms with Crippen LogP contribution >= 0.6 is 0 Å². The molecule has 1 unspecified atom stereocenters. The molecule has 3 N–H and O–H groups in total. The van der Waals surface area contributed by atoms with E-state index in [-0.39, 0.29) is 5.91 Å². The van der Waals surface area contributed by atoms with Gasteiger partial charge in [-0.05, 0) is 50.3 Å². The maximum absolute atomic E-state index is 12.0. The quantitative estimate of drug-likeness (QED) is 0.773. The van der Waals surface area contributed by atoms with Gasteiger partial charge in [-0.2, -0.15) is 0 Å². The van der Waals surface area contributed by atoms with Gasteiger partial charge >= 0.3 is 0 Å². The minimum absolute atomic E-state index is 0.0717. The monoisotopic (exact) mass is 292 g/mol. The van der Waals surface area contributed by atoms with E-state index in [4.69, 9.17) is 10.5 Å². The number of nitrogens with one attached hydrogen (secondary N) is 1. The summed E-state index contributed by atoms with van der Waals surface area (Å²) in [5.74, 6) is 1.29. The predicted octanol–water partition coefficient (Wildman–Crippen LogP) is 2.43. The second-order valence-electron chi connectivity index (χ2n) is 5.84. The van der Waals surface area contributed by atoms with E-state index in [0.29, 0.717) is 19.0 Å². The fraction of sp³-hybridized carbons (Fsp3) is 0.588. The molecule has 0 heterocycles. The van der Waals surface area contributed by atoms with Crippen LogP contribution in [0.3, 0.4) is 0 Å². The van der Waals surface area contributed by atoms with Crippen molar-refractivity contribution >= 4 is 5.91 Å². The SMILES string of the molecule is Cc1cccc(CCN)c1OC(C)C(=O)NCCC(C)C. The van der Waals surface area contributed by atoms with Crippen LogP contribution in [0.25, 0.3) is 0 Å². The molecule has 1 rings (SSSR count). The largest absolute Gasteiger partial charge is 0.480 e. The lowest BCUT2D eigenvalue weighted by Gasteiger charge is -2.19. The highest BCUT2D eigenvalue weighted by Gasteiger charge is 2.17. The molecule has 1 amide bonds. The van der Waals surface area contributed by atoms with Gasteiger partial charge < -0.3 is 15.8 Å². The number of hydrogen-bond acceptors (Lipinski definition) is 3. The van der Waals surface area contributed by atoms with Crippen molar-refractivity contribution < 1.29 is 9.53 Å². The number of para-hydroxylation sites is 1. The number of rotatable bonds is 8. The molecule has 0 spiro atoms. The summed E-state index contributed by atoms with van der Waals surface area (Å²) in [5, 5.41) is 2.92. The molecule has 118 valence electrons. The number of aryl methyl sites for hydroxylation is 1. The van der Waals surface area contributed by atoms with Crippen molar-refractivity contribution in [2.45, 2.75) is 46.6 Å². The average Bonchev–Trinajstić information content (AvgIpc) is 2.42. The summed E-state index contributed by atoms with van der Waals surface area (Å²) in [6.07, 6.45) is 1.22. The molecule has 0 aliphatic rings. The van der Waals surface area contributed by atoms with Gasteiger partial charge in [0, 0.05) is 6.54 Å². The molecule has 0 aliphatic heterocycles. The van der Waals surface area contributed by atoms with Crippen LogP contribution in [0.2, 0.25) is 0 Å². The highest BCUT2D eigenvalue weighted by molar-refractivity contribution is 5.80. The third-order valence-electron chi connectivity index (χ3n) is 3.39. The maximum atomic E-state index is 12.0. The summed E-state index contributed by atoms with van der Waals surface area (Å²) in [7, 11) is 0. The Morgan fingerprint density at radius 2 is 2.05 bits per heavy atom. The zero-order valence-corrected chi connectivity index (χ0v) is 13.6. The van der Waals surface area contributed by atoms with Gasteiger partial charge in [0.2, 0.25) is 0 Å². The maximum Gasteiger partial charge on any atom is 0.260 e. The summed E-state index contributed by atoms with van der Waals surface area (Å²) >= 11 is 0. The number of hydrogen-bond donors (Lipinski definition) is 2. The zero-order chi connectivity index (χ0) is 15.8. The Morgan fingerprint density at radius 3 is 2.67 bits per heavy atom. The smallest absolute Gasteiger partial charge is 0.260 e. The fourth-order valence-corrected chi connectivity index (χ4v) is 2.09. The molecule has 21 heavy (non-hydrogen) atoms. The second-order valence-corrected chi connectivity index (χ2v) is 5.84. The first-order valence-corrected chi connectivity index (χ1v) is 7.68.